The zero-order valence-corrected chi connectivity index (χ0v) is 11.6. The second kappa shape index (κ2) is 5.87. The number of amides is 1. The Hall–Kier alpha value is -0.540. The third-order valence-corrected chi connectivity index (χ3v) is 4.81. The molecule has 1 aliphatic rings. The number of aryl methyl sites for hydroxylation is 1. The van der Waals surface area contributed by atoms with Crippen LogP contribution >= 0.6 is 22.9 Å². The van der Waals surface area contributed by atoms with Crippen LogP contribution in [0.2, 0.25) is 0 Å². The molecule has 1 aromatic rings. The highest BCUT2D eigenvalue weighted by atomic mass is 35.5. The van der Waals surface area contributed by atoms with Crippen LogP contribution in [0.4, 0.5) is 0 Å². The van der Waals surface area contributed by atoms with Crippen molar-refractivity contribution in [3.05, 3.63) is 21.9 Å². The second-order valence-corrected chi connectivity index (χ2v) is 5.99. The van der Waals surface area contributed by atoms with Gasteiger partial charge in [0.2, 0.25) is 0 Å². The Bertz CT molecular complexity index is 391. The Morgan fingerprint density at radius 2 is 2.29 bits per heavy atom. The molecule has 1 amide bonds. The minimum Gasteiger partial charge on any atom is -0.347 e. The van der Waals surface area contributed by atoms with Gasteiger partial charge in [-0.15, -0.1) is 22.9 Å². The number of rotatable bonds is 3. The summed E-state index contributed by atoms with van der Waals surface area (Å²) in [5.41, 5.74) is 1.13. The number of halogens is 1. The summed E-state index contributed by atoms with van der Waals surface area (Å²) in [4.78, 5) is 13.0. The average Bonchev–Trinajstić information content (AvgIpc) is 2.80. The van der Waals surface area contributed by atoms with E-state index in [4.69, 9.17) is 11.6 Å². The van der Waals surface area contributed by atoms with Gasteiger partial charge in [-0.1, -0.05) is 19.8 Å². The molecule has 94 valence electrons. The predicted octanol–water partition coefficient (Wildman–Crippen LogP) is 3.59. The van der Waals surface area contributed by atoms with Gasteiger partial charge in [0.1, 0.15) is 0 Å². The van der Waals surface area contributed by atoms with Crippen LogP contribution in [0.5, 0.6) is 0 Å². The highest BCUT2D eigenvalue weighted by molar-refractivity contribution is 7.12. The minimum absolute atomic E-state index is 0.0504. The Labute approximate surface area is 111 Å². The van der Waals surface area contributed by atoms with Crippen molar-refractivity contribution in [2.24, 2.45) is 0 Å². The van der Waals surface area contributed by atoms with Crippen molar-refractivity contribution in [2.45, 2.75) is 50.4 Å². The number of nitrogens with one attached hydrogen (secondary N) is 1. The van der Waals surface area contributed by atoms with Crippen molar-refractivity contribution in [1.82, 2.24) is 5.32 Å². The SMILES string of the molecule is CCc1ccsc1C(=O)NC1CCCCC1Cl. The molecule has 1 N–H and O–H groups in total. The summed E-state index contributed by atoms with van der Waals surface area (Å²) < 4.78 is 0. The Morgan fingerprint density at radius 1 is 1.53 bits per heavy atom. The number of thiophene rings is 1. The lowest BCUT2D eigenvalue weighted by atomic mass is 9.95. The van der Waals surface area contributed by atoms with Crippen LogP contribution in [0.1, 0.15) is 47.8 Å². The van der Waals surface area contributed by atoms with E-state index in [1.165, 1.54) is 24.2 Å². The van der Waals surface area contributed by atoms with Gasteiger partial charge < -0.3 is 5.32 Å². The fraction of sp³-hybridized carbons (Fsp3) is 0.615. The van der Waals surface area contributed by atoms with Crippen LogP contribution in [-0.2, 0) is 6.42 Å². The lowest BCUT2D eigenvalue weighted by molar-refractivity contribution is 0.0932. The van der Waals surface area contributed by atoms with Gasteiger partial charge in [0, 0.05) is 6.04 Å². The molecule has 2 atom stereocenters. The van der Waals surface area contributed by atoms with E-state index in [2.05, 4.69) is 12.2 Å². The molecule has 2 unspecified atom stereocenters. The van der Waals surface area contributed by atoms with E-state index in [0.29, 0.717) is 0 Å². The van der Waals surface area contributed by atoms with E-state index >= 15 is 0 Å². The van der Waals surface area contributed by atoms with Gasteiger partial charge in [-0.3, -0.25) is 4.79 Å². The number of carbonyl (C=O) groups is 1. The number of carbonyl (C=O) groups excluding carboxylic acids is 1. The van der Waals surface area contributed by atoms with E-state index in [9.17, 15) is 4.79 Å². The summed E-state index contributed by atoms with van der Waals surface area (Å²) >= 11 is 7.77. The number of hydrogen-bond acceptors (Lipinski definition) is 2. The molecule has 17 heavy (non-hydrogen) atoms. The van der Waals surface area contributed by atoms with Gasteiger partial charge in [-0.25, -0.2) is 0 Å². The maximum atomic E-state index is 12.1. The molecular formula is C13H18ClNOS. The molecule has 0 aliphatic heterocycles. The molecule has 0 spiro atoms. The normalized spacial score (nSPS) is 24.6. The van der Waals surface area contributed by atoms with Crippen molar-refractivity contribution >= 4 is 28.8 Å². The van der Waals surface area contributed by atoms with Gasteiger partial charge in [-0.2, -0.15) is 0 Å². The summed E-state index contributed by atoms with van der Waals surface area (Å²) in [5, 5.41) is 5.16. The van der Waals surface area contributed by atoms with Gasteiger partial charge in [-0.05, 0) is 36.3 Å². The van der Waals surface area contributed by atoms with E-state index < -0.39 is 0 Å². The van der Waals surface area contributed by atoms with Gasteiger partial charge in [0.05, 0.1) is 10.3 Å². The molecule has 4 heteroatoms. The first-order valence-corrected chi connectivity index (χ1v) is 7.55. The Balaban J connectivity index is 2.01. The first kappa shape index (κ1) is 12.9. The van der Waals surface area contributed by atoms with Crippen LogP contribution in [0.25, 0.3) is 0 Å². The summed E-state index contributed by atoms with van der Waals surface area (Å²) in [6.07, 6.45) is 5.27. The van der Waals surface area contributed by atoms with Crippen LogP contribution in [-0.4, -0.2) is 17.3 Å². The smallest absolute Gasteiger partial charge is 0.261 e. The fourth-order valence-electron chi connectivity index (χ4n) is 2.30. The highest BCUT2D eigenvalue weighted by Crippen LogP contribution is 2.24. The summed E-state index contributed by atoms with van der Waals surface area (Å²) in [5.74, 6) is 0.0504. The standard InChI is InChI=1S/C13H18ClNOS/c1-2-9-7-8-17-12(9)13(16)15-11-6-4-3-5-10(11)14/h7-8,10-11H,2-6H2,1H3,(H,15,16). The van der Waals surface area contributed by atoms with Crippen molar-refractivity contribution < 1.29 is 4.79 Å². The zero-order valence-electron chi connectivity index (χ0n) is 10.0. The number of alkyl halides is 1. The Kier molecular flexibility index (Phi) is 4.46. The summed E-state index contributed by atoms with van der Waals surface area (Å²) in [6, 6.07) is 2.17. The topological polar surface area (TPSA) is 29.1 Å². The van der Waals surface area contributed by atoms with E-state index in [1.54, 1.807) is 0 Å². The van der Waals surface area contributed by atoms with Crippen LogP contribution in [0.15, 0.2) is 11.4 Å². The molecule has 1 aromatic heterocycles. The van der Waals surface area contributed by atoms with Crippen LogP contribution in [0.3, 0.4) is 0 Å². The van der Waals surface area contributed by atoms with Crippen molar-refractivity contribution in [3.63, 3.8) is 0 Å². The number of hydrogen-bond donors (Lipinski definition) is 1. The van der Waals surface area contributed by atoms with Gasteiger partial charge in [0.25, 0.3) is 5.91 Å². The van der Waals surface area contributed by atoms with E-state index in [1.807, 2.05) is 11.4 Å². The molecule has 1 heterocycles. The molecule has 0 saturated heterocycles. The third kappa shape index (κ3) is 3.02. The van der Waals surface area contributed by atoms with Crippen LogP contribution in [0, 0.1) is 0 Å². The van der Waals surface area contributed by atoms with Crippen molar-refractivity contribution in [3.8, 4) is 0 Å². The molecule has 2 nitrogen and oxygen atoms in total. The van der Waals surface area contributed by atoms with Crippen molar-refractivity contribution in [1.29, 1.82) is 0 Å². The lowest BCUT2D eigenvalue weighted by Gasteiger charge is -2.27. The fourth-order valence-corrected chi connectivity index (χ4v) is 3.54. The predicted molar refractivity (Wildman–Crippen MR) is 73.1 cm³/mol. The lowest BCUT2D eigenvalue weighted by Crippen LogP contribution is -2.42. The maximum absolute atomic E-state index is 12.1. The molecule has 1 aliphatic carbocycles. The molecule has 2 rings (SSSR count). The maximum Gasteiger partial charge on any atom is 0.261 e. The largest absolute Gasteiger partial charge is 0.347 e. The summed E-state index contributed by atoms with van der Waals surface area (Å²) in [7, 11) is 0. The van der Waals surface area contributed by atoms with Gasteiger partial charge in [0.15, 0.2) is 0 Å². The van der Waals surface area contributed by atoms with E-state index in [0.717, 1.165) is 29.7 Å². The zero-order chi connectivity index (χ0) is 12.3. The minimum atomic E-state index is 0.0504. The third-order valence-electron chi connectivity index (χ3n) is 3.33. The molecule has 0 bridgehead atoms. The Morgan fingerprint density at radius 3 is 3.00 bits per heavy atom. The summed E-state index contributed by atoms with van der Waals surface area (Å²) in [6.45, 7) is 2.07. The first-order chi connectivity index (χ1) is 8.22. The highest BCUT2D eigenvalue weighted by Gasteiger charge is 2.25. The molecule has 0 radical (unpaired) electrons. The molecule has 1 fully saturated rings. The monoisotopic (exact) mass is 271 g/mol. The van der Waals surface area contributed by atoms with Crippen molar-refractivity contribution in [2.75, 3.05) is 0 Å². The van der Waals surface area contributed by atoms with E-state index in [-0.39, 0.29) is 17.3 Å². The molecule has 0 aromatic carbocycles. The quantitative estimate of drug-likeness (QED) is 0.837. The second-order valence-electron chi connectivity index (χ2n) is 4.51. The van der Waals surface area contributed by atoms with Crippen LogP contribution < -0.4 is 5.32 Å². The average molecular weight is 272 g/mol. The molecular weight excluding hydrogens is 254 g/mol. The first-order valence-electron chi connectivity index (χ1n) is 6.23. The molecule has 1 saturated carbocycles. The van der Waals surface area contributed by atoms with Gasteiger partial charge >= 0.3 is 0 Å².